The number of nitrogens with one attached hydrogen (secondary N) is 1. The second-order valence-corrected chi connectivity index (χ2v) is 9.74. The molecule has 6 nitrogen and oxygen atoms in total. The molecule has 4 atom stereocenters. The van der Waals surface area contributed by atoms with Crippen LogP contribution in [0, 0.1) is 30.5 Å². The lowest BCUT2D eigenvalue weighted by Crippen LogP contribution is -2.54. The third-order valence-electron chi connectivity index (χ3n) is 7.68. The predicted octanol–water partition coefficient (Wildman–Crippen LogP) is 3.53. The Hall–Kier alpha value is -2.61. The number of benzene rings is 2. The van der Waals surface area contributed by atoms with Gasteiger partial charge in [0, 0.05) is 44.8 Å². The van der Waals surface area contributed by atoms with Crippen molar-refractivity contribution >= 4 is 11.7 Å². The highest BCUT2D eigenvalue weighted by Gasteiger charge is 2.44. The lowest BCUT2D eigenvalue weighted by atomic mass is 9.71. The van der Waals surface area contributed by atoms with Gasteiger partial charge in [0.15, 0.2) is 5.78 Å². The highest BCUT2D eigenvalue weighted by molar-refractivity contribution is 5.98. The molecular formula is C28H35FN2O4. The van der Waals surface area contributed by atoms with E-state index in [-0.39, 0.29) is 29.5 Å². The molecule has 0 saturated carbocycles. The summed E-state index contributed by atoms with van der Waals surface area (Å²) >= 11 is 0. The number of hydrogen-bond acceptors (Lipinski definition) is 5. The van der Waals surface area contributed by atoms with Crippen LogP contribution in [0.4, 0.5) is 4.39 Å². The van der Waals surface area contributed by atoms with Gasteiger partial charge in [-0.15, -0.1) is 0 Å². The Morgan fingerprint density at radius 3 is 2.46 bits per heavy atom. The molecule has 1 amide bonds. The molecule has 2 N–H and O–H groups in total. The Labute approximate surface area is 206 Å². The van der Waals surface area contributed by atoms with Gasteiger partial charge in [-0.25, -0.2) is 4.39 Å². The number of ether oxygens (including phenoxy) is 1. The zero-order valence-corrected chi connectivity index (χ0v) is 20.5. The van der Waals surface area contributed by atoms with Gasteiger partial charge in [-0.05, 0) is 49.3 Å². The highest BCUT2D eigenvalue weighted by Crippen LogP contribution is 2.38. The fourth-order valence-corrected chi connectivity index (χ4v) is 5.57. The average molecular weight is 483 g/mol. The van der Waals surface area contributed by atoms with E-state index in [1.807, 2.05) is 29.2 Å². The minimum Gasteiger partial charge on any atom is -0.393 e. The molecule has 2 aliphatic heterocycles. The van der Waals surface area contributed by atoms with E-state index in [9.17, 15) is 19.1 Å². The number of methoxy groups -OCH3 is 1. The van der Waals surface area contributed by atoms with E-state index >= 15 is 0 Å². The number of hydrogen-bond donors (Lipinski definition) is 2. The molecule has 0 spiro atoms. The van der Waals surface area contributed by atoms with Crippen LogP contribution in [0.1, 0.15) is 46.9 Å². The van der Waals surface area contributed by atoms with Crippen molar-refractivity contribution in [2.75, 3.05) is 33.3 Å². The van der Waals surface area contributed by atoms with E-state index in [0.717, 1.165) is 5.56 Å². The molecule has 0 bridgehead atoms. The van der Waals surface area contributed by atoms with Crippen molar-refractivity contribution < 1.29 is 23.8 Å². The number of likely N-dealkylation sites (tertiary alicyclic amines) is 1. The molecule has 2 saturated heterocycles. The van der Waals surface area contributed by atoms with Gasteiger partial charge in [-0.3, -0.25) is 9.59 Å². The SMILES string of the molecule is COC(C[C@@H]1[C@@H](C(=O)c2ccccc2)CNC[C@H]1C(=O)N1CCC(O)CC1)c1cccc(F)c1C. The van der Waals surface area contributed by atoms with Crippen molar-refractivity contribution in [3.63, 3.8) is 0 Å². The van der Waals surface area contributed by atoms with Gasteiger partial charge in [0.25, 0.3) is 0 Å². The van der Waals surface area contributed by atoms with Crippen molar-refractivity contribution in [1.29, 1.82) is 0 Å². The Balaban J connectivity index is 1.66. The van der Waals surface area contributed by atoms with Crippen LogP contribution in [0.15, 0.2) is 48.5 Å². The molecule has 35 heavy (non-hydrogen) atoms. The Morgan fingerprint density at radius 1 is 1.09 bits per heavy atom. The Morgan fingerprint density at radius 2 is 1.77 bits per heavy atom. The van der Waals surface area contributed by atoms with Crippen LogP contribution in [0.25, 0.3) is 0 Å². The number of Topliss-reactive ketones (excluding diaryl/α,β-unsaturated/α-hetero) is 1. The fourth-order valence-electron chi connectivity index (χ4n) is 5.57. The van der Waals surface area contributed by atoms with Gasteiger partial charge in [0.05, 0.1) is 18.1 Å². The molecule has 7 heteroatoms. The first-order chi connectivity index (χ1) is 16.9. The van der Waals surface area contributed by atoms with Gasteiger partial charge in [-0.2, -0.15) is 0 Å². The number of aliphatic hydroxyl groups is 1. The Kier molecular flexibility index (Phi) is 8.31. The number of piperidine rings is 2. The summed E-state index contributed by atoms with van der Waals surface area (Å²) in [7, 11) is 1.59. The quantitative estimate of drug-likeness (QED) is 0.591. The van der Waals surface area contributed by atoms with Crippen molar-refractivity contribution in [3.8, 4) is 0 Å². The maximum Gasteiger partial charge on any atom is 0.227 e. The van der Waals surface area contributed by atoms with Gasteiger partial charge in [0.2, 0.25) is 5.91 Å². The third kappa shape index (κ3) is 5.63. The number of carbonyl (C=O) groups excluding carboxylic acids is 2. The first-order valence-electron chi connectivity index (χ1n) is 12.4. The summed E-state index contributed by atoms with van der Waals surface area (Å²) in [5.74, 6) is -1.40. The van der Waals surface area contributed by atoms with Crippen LogP contribution in [0.2, 0.25) is 0 Å². The molecule has 2 aliphatic rings. The second-order valence-electron chi connectivity index (χ2n) is 9.74. The highest BCUT2D eigenvalue weighted by atomic mass is 19.1. The summed E-state index contributed by atoms with van der Waals surface area (Å²) < 4.78 is 20.2. The summed E-state index contributed by atoms with van der Waals surface area (Å²) in [6.45, 7) is 3.70. The molecule has 0 radical (unpaired) electrons. The largest absolute Gasteiger partial charge is 0.393 e. The summed E-state index contributed by atoms with van der Waals surface area (Å²) in [5, 5.41) is 13.2. The van der Waals surface area contributed by atoms with Gasteiger partial charge < -0.3 is 20.1 Å². The number of nitrogens with zero attached hydrogens (tertiary/aromatic N) is 1. The lowest BCUT2D eigenvalue weighted by molar-refractivity contribution is -0.141. The van der Waals surface area contributed by atoms with Crippen LogP contribution >= 0.6 is 0 Å². The minimum atomic E-state index is -0.446. The normalized spacial score (nSPS) is 24.2. The zero-order chi connectivity index (χ0) is 24.9. The number of amides is 1. The van der Waals surface area contributed by atoms with Crippen molar-refractivity contribution in [1.82, 2.24) is 10.2 Å². The molecule has 2 heterocycles. The molecular weight excluding hydrogens is 447 g/mol. The maximum absolute atomic E-state index is 14.4. The number of aliphatic hydroxyl groups excluding tert-OH is 1. The molecule has 0 aliphatic carbocycles. The molecule has 2 aromatic carbocycles. The van der Waals surface area contributed by atoms with E-state index in [0.29, 0.717) is 56.6 Å². The van der Waals surface area contributed by atoms with Gasteiger partial charge in [-0.1, -0.05) is 42.5 Å². The smallest absolute Gasteiger partial charge is 0.227 e. The van der Waals surface area contributed by atoms with Crippen molar-refractivity contribution in [2.45, 2.75) is 38.4 Å². The van der Waals surface area contributed by atoms with E-state index in [2.05, 4.69) is 5.32 Å². The van der Waals surface area contributed by atoms with Gasteiger partial charge in [0.1, 0.15) is 5.82 Å². The Bertz CT molecular complexity index is 1020. The molecule has 1 unspecified atom stereocenters. The number of carbonyl (C=O) groups is 2. The first kappa shape index (κ1) is 25.5. The molecule has 2 aromatic rings. The fraction of sp³-hybridized carbons (Fsp3) is 0.500. The number of halogens is 1. The van der Waals surface area contributed by atoms with Crippen LogP contribution in [0.5, 0.6) is 0 Å². The van der Waals surface area contributed by atoms with E-state index in [1.165, 1.54) is 6.07 Å². The van der Waals surface area contributed by atoms with Crippen LogP contribution in [0.3, 0.4) is 0 Å². The summed E-state index contributed by atoms with van der Waals surface area (Å²) in [5.41, 5.74) is 1.88. The van der Waals surface area contributed by atoms with E-state index in [1.54, 1.807) is 32.2 Å². The summed E-state index contributed by atoms with van der Waals surface area (Å²) in [6, 6.07) is 14.1. The van der Waals surface area contributed by atoms with E-state index in [4.69, 9.17) is 4.74 Å². The molecule has 2 fully saturated rings. The third-order valence-corrected chi connectivity index (χ3v) is 7.68. The number of rotatable bonds is 7. The maximum atomic E-state index is 14.4. The summed E-state index contributed by atoms with van der Waals surface area (Å²) in [4.78, 5) is 29.1. The van der Waals surface area contributed by atoms with Gasteiger partial charge >= 0.3 is 0 Å². The summed E-state index contributed by atoms with van der Waals surface area (Å²) in [6.07, 6.45) is 0.732. The van der Waals surface area contributed by atoms with Crippen LogP contribution < -0.4 is 5.32 Å². The minimum absolute atomic E-state index is 0.000448. The molecule has 0 aromatic heterocycles. The average Bonchev–Trinajstić information content (AvgIpc) is 2.89. The van der Waals surface area contributed by atoms with Crippen LogP contribution in [-0.2, 0) is 9.53 Å². The topological polar surface area (TPSA) is 78.9 Å². The van der Waals surface area contributed by atoms with E-state index < -0.39 is 17.9 Å². The standard InChI is InChI=1S/C28H35FN2O4/c1-18-21(9-6-10-25(18)29)26(35-2)15-22-23(27(33)19-7-4-3-5-8-19)16-30-17-24(22)28(34)31-13-11-20(32)12-14-31/h3-10,20,22-24,26,30,32H,11-17H2,1-2H3/t22-,23+,24-,26?/m1/s1. The molecule has 4 rings (SSSR count). The lowest BCUT2D eigenvalue weighted by Gasteiger charge is -2.42. The first-order valence-corrected chi connectivity index (χ1v) is 12.4. The predicted molar refractivity (Wildman–Crippen MR) is 131 cm³/mol. The zero-order valence-electron chi connectivity index (χ0n) is 20.5. The monoisotopic (exact) mass is 482 g/mol. The van der Waals surface area contributed by atoms with Crippen molar-refractivity contribution in [2.24, 2.45) is 17.8 Å². The van der Waals surface area contributed by atoms with Crippen LogP contribution in [-0.4, -0.2) is 61.1 Å². The van der Waals surface area contributed by atoms with Crippen molar-refractivity contribution in [3.05, 3.63) is 71.0 Å². The molecule has 188 valence electrons. The second kappa shape index (κ2) is 11.4. The number of ketones is 1.